The minimum absolute atomic E-state index is 0.139. The average Bonchev–Trinajstić information content (AvgIpc) is 2.86. The molecular formula is C12H12N2O2S. The van der Waals surface area contributed by atoms with Crippen molar-refractivity contribution >= 4 is 17.1 Å². The number of aryl methyl sites for hydroxylation is 1. The molecule has 0 aromatic carbocycles. The van der Waals surface area contributed by atoms with Crippen molar-refractivity contribution in [2.45, 2.75) is 13.3 Å². The lowest BCUT2D eigenvalue weighted by Crippen LogP contribution is -2.06. The van der Waals surface area contributed by atoms with Gasteiger partial charge in [0.05, 0.1) is 12.0 Å². The fourth-order valence-corrected chi connectivity index (χ4v) is 2.33. The molecule has 17 heavy (non-hydrogen) atoms. The smallest absolute Gasteiger partial charge is 0.243 e. The Kier molecular flexibility index (Phi) is 3.49. The third-order valence-corrected chi connectivity index (χ3v) is 3.54. The molecule has 0 amide bonds. The van der Waals surface area contributed by atoms with Crippen LogP contribution in [0.25, 0.3) is 0 Å². The van der Waals surface area contributed by atoms with Crippen LogP contribution in [0.5, 0.6) is 5.88 Å². The number of ketones is 1. The Labute approximate surface area is 103 Å². The number of carbonyl (C=O) groups excluding carboxylic acids is 1. The van der Waals surface area contributed by atoms with Crippen LogP contribution in [0, 0.1) is 0 Å². The number of hydrogen-bond donors (Lipinski definition) is 0. The van der Waals surface area contributed by atoms with E-state index in [0.717, 1.165) is 6.42 Å². The molecule has 0 aliphatic carbocycles. The van der Waals surface area contributed by atoms with Crippen LogP contribution < -0.4 is 4.74 Å². The first-order valence-electron chi connectivity index (χ1n) is 5.24. The van der Waals surface area contributed by atoms with Crippen molar-refractivity contribution in [3.8, 4) is 5.88 Å². The first-order chi connectivity index (χ1) is 8.26. The van der Waals surface area contributed by atoms with Gasteiger partial charge in [-0.15, -0.1) is 11.3 Å². The molecular weight excluding hydrogens is 236 g/mol. The van der Waals surface area contributed by atoms with Crippen molar-refractivity contribution in [3.63, 3.8) is 0 Å². The maximum atomic E-state index is 12.2. The van der Waals surface area contributed by atoms with E-state index in [1.165, 1.54) is 35.7 Å². The van der Waals surface area contributed by atoms with Gasteiger partial charge < -0.3 is 4.74 Å². The van der Waals surface area contributed by atoms with E-state index in [9.17, 15) is 4.79 Å². The minimum atomic E-state index is -0.139. The molecule has 0 atom stereocenters. The highest BCUT2D eigenvalue weighted by atomic mass is 32.1. The third kappa shape index (κ3) is 2.34. The molecule has 2 rings (SSSR count). The molecule has 88 valence electrons. The van der Waals surface area contributed by atoms with Gasteiger partial charge in [-0.25, -0.2) is 9.97 Å². The van der Waals surface area contributed by atoms with E-state index in [4.69, 9.17) is 4.74 Å². The van der Waals surface area contributed by atoms with Crippen LogP contribution in [-0.4, -0.2) is 22.9 Å². The molecule has 5 heteroatoms. The maximum absolute atomic E-state index is 12.2. The summed E-state index contributed by atoms with van der Waals surface area (Å²) in [6, 6.07) is 3.78. The SMILES string of the molecule is CCc1ccc(C(=O)c2nccnc2OC)s1. The van der Waals surface area contributed by atoms with Crippen LogP contribution in [0.4, 0.5) is 0 Å². The molecule has 0 fully saturated rings. The first-order valence-corrected chi connectivity index (χ1v) is 6.06. The highest BCUT2D eigenvalue weighted by Crippen LogP contribution is 2.22. The Morgan fingerprint density at radius 1 is 1.35 bits per heavy atom. The normalized spacial score (nSPS) is 10.2. The third-order valence-electron chi connectivity index (χ3n) is 2.31. The molecule has 0 saturated heterocycles. The van der Waals surface area contributed by atoms with Crippen molar-refractivity contribution in [2.75, 3.05) is 7.11 Å². The van der Waals surface area contributed by atoms with Gasteiger partial charge in [-0.05, 0) is 18.6 Å². The van der Waals surface area contributed by atoms with Gasteiger partial charge in [0.15, 0.2) is 5.69 Å². The molecule has 2 aromatic heterocycles. The molecule has 0 spiro atoms. The van der Waals surface area contributed by atoms with Gasteiger partial charge in [-0.1, -0.05) is 6.92 Å². The molecule has 0 unspecified atom stereocenters. The maximum Gasteiger partial charge on any atom is 0.243 e. The van der Waals surface area contributed by atoms with E-state index in [0.29, 0.717) is 4.88 Å². The molecule has 0 bridgehead atoms. The van der Waals surface area contributed by atoms with Gasteiger partial charge in [-0.2, -0.15) is 0 Å². The molecule has 0 radical (unpaired) electrons. The second-order valence-corrected chi connectivity index (χ2v) is 4.53. The summed E-state index contributed by atoms with van der Waals surface area (Å²) in [5.41, 5.74) is 0.263. The number of rotatable bonds is 4. The predicted molar refractivity (Wildman–Crippen MR) is 65.7 cm³/mol. The van der Waals surface area contributed by atoms with Crippen molar-refractivity contribution < 1.29 is 9.53 Å². The van der Waals surface area contributed by atoms with Crippen LogP contribution in [0.2, 0.25) is 0 Å². The molecule has 2 aromatic rings. The Hall–Kier alpha value is -1.75. The molecule has 0 aliphatic heterocycles. The number of thiophene rings is 1. The summed E-state index contributed by atoms with van der Waals surface area (Å²) >= 11 is 1.48. The number of carbonyl (C=O) groups is 1. The van der Waals surface area contributed by atoms with E-state index in [1.54, 1.807) is 0 Å². The van der Waals surface area contributed by atoms with E-state index in [2.05, 4.69) is 16.9 Å². The zero-order valence-corrected chi connectivity index (χ0v) is 10.5. The standard InChI is InChI=1S/C12H12N2O2S/c1-3-8-4-5-9(17-8)11(15)10-12(16-2)14-7-6-13-10/h4-7H,3H2,1-2H3. The van der Waals surface area contributed by atoms with Crippen LogP contribution in [0.1, 0.15) is 27.2 Å². The summed E-state index contributed by atoms with van der Waals surface area (Å²) in [5, 5.41) is 0. The van der Waals surface area contributed by atoms with E-state index in [-0.39, 0.29) is 17.4 Å². The van der Waals surface area contributed by atoms with Gasteiger partial charge in [-0.3, -0.25) is 4.79 Å². The first kappa shape index (κ1) is 11.7. The van der Waals surface area contributed by atoms with Crippen LogP contribution in [-0.2, 0) is 6.42 Å². The summed E-state index contributed by atoms with van der Waals surface area (Å²) in [6.45, 7) is 2.06. The molecule has 2 heterocycles. The number of aromatic nitrogens is 2. The lowest BCUT2D eigenvalue weighted by Gasteiger charge is -2.02. The zero-order valence-electron chi connectivity index (χ0n) is 9.64. The lowest BCUT2D eigenvalue weighted by molar-refractivity contribution is 0.103. The number of hydrogen-bond acceptors (Lipinski definition) is 5. The Morgan fingerprint density at radius 3 is 2.76 bits per heavy atom. The van der Waals surface area contributed by atoms with Crippen molar-refractivity contribution in [1.82, 2.24) is 9.97 Å². The second-order valence-electron chi connectivity index (χ2n) is 3.36. The van der Waals surface area contributed by atoms with E-state index in [1.807, 2.05) is 12.1 Å². The Morgan fingerprint density at radius 2 is 2.12 bits per heavy atom. The zero-order chi connectivity index (χ0) is 12.3. The Bertz CT molecular complexity index is 537. The van der Waals surface area contributed by atoms with E-state index < -0.39 is 0 Å². The minimum Gasteiger partial charge on any atom is -0.479 e. The summed E-state index contributed by atoms with van der Waals surface area (Å²) in [5.74, 6) is 0.128. The number of methoxy groups -OCH3 is 1. The summed E-state index contributed by atoms with van der Waals surface area (Å²) in [4.78, 5) is 22.0. The van der Waals surface area contributed by atoms with Gasteiger partial charge in [0.2, 0.25) is 11.7 Å². The Balaban J connectivity index is 2.36. The summed E-state index contributed by atoms with van der Waals surface area (Å²) in [7, 11) is 1.48. The van der Waals surface area contributed by atoms with Crippen LogP contribution in [0.15, 0.2) is 24.5 Å². The van der Waals surface area contributed by atoms with Gasteiger partial charge in [0.1, 0.15) is 0 Å². The molecule has 0 N–H and O–H groups in total. The van der Waals surface area contributed by atoms with Crippen molar-refractivity contribution in [2.24, 2.45) is 0 Å². The van der Waals surface area contributed by atoms with Crippen LogP contribution >= 0.6 is 11.3 Å². The lowest BCUT2D eigenvalue weighted by atomic mass is 10.2. The van der Waals surface area contributed by atoms with Crippen LogP contribution in [0.3, 0.4) is 0 Å². The quantitative estimate of drug-likeness (QED) is 0.779. The largest absolute Gasteiger partial charge is 0.479 e. The fourth-order valence-electron chi connectivity index (χ4n) is 1.44. The topological polar surface area (TPSA) is 52.1 Å². The molecule has 0 saturated carbocycles. The fraction of sp³-hybridized carbons (Fsp3) is 0.250. The van der Waals surface area contributed by atoms with Gasteiger partial charge in [0, 0.05) is 17.3 Å². The van der Waals surface area contributed by atoms with Crippen molar-refractivity contribution in [1.29, 1.82) is 0 Å². The van der Waals surface area contributed by atoms with Gasteiger partial charge >= 0.3 is 0 Å². The number of nitrogens with zero attached hydrogens (tertiary/aromatic N) is 2. The highest BCUT2D eigenvalue weighted by molar-refractivity contribution is 7.14. The van der Waals surface area contributed by atoms with E-state index >= 15 is 0 Å². The monoisotopic (exact) mass is 248 g/mol. The molecule has 4 nitrogen and oxygen atoms in total. The van der Waals surface area contributed by atoms with Crippen molar-refractivity contribution in [3.05, 3.63) is 40.0 Å². The molecule has 0 aliphatic rings. The summed E-state index contributed by atoms with van der Waals surface area (Å²) in [6.07, 6.45) is 3.92. The predicted octanol–water partition coefficient (Wildman–Crippen LogP) is 2.34. The second kappa shape index (κ2) is 5.05. The number of ether oxygens (including phenoxy) is 1. The average molecular weight is 248 g/mol. The highest BCUT2D eigenvalue weighted by Gasteiger charge is 2.18. The summed E-state index contributed by atoms with van der Waals surface area (Å²) < 4.78 is 5.03. The van der Waals surface area contributed by atoms with Gasteiger partial charge in [0.25, 0.3) is 0 Å².